The number of carbonyl (C=O) groups is 1. The molecule has 37 heavy (non-hydrogen) atoms. The van der Waals surface area contributed by atoms with Crippen LogP contribution in [0.5, 0.6) is 0 Å². The van der Waals surface area contributed by atoms with Crippen LogP contribution in [0.25, 0.3) is 0 Å². The maximum absolute atomic E-state index is 11.9. The van der Waals surface area contributed by atoms with Crippen molar-refractivity contribution in [3.63, 3.8) is 0 Å². The summed E-state index contributed by atoms with van der Waals surface area (Å²) < 4.78 is 5.98. The van der Waals surface area contributed by atoms with Crippen molar-refractivity contribution in [2.24, 2.45) is 11.8 Å². The highest BCUT2D eigenvalue weighted by Gasteiger charge is 2.54. The van der Waals surface area contributed by atoms with Crippen molar-refractivity contribution in [3.05, 3.63) is 95.6 Å². The third kappa shape index (κ3) is 10.3. The number of epoxide rings is 1. The number of aliphatic hydroxyl groups excluding tert-OH is 2. The quantitative estimate of drug-likeness (QED) is 0.135. The summed E-state index contributed by atoms with van der Waals surface area (Å²) in [5, 5.41) is 22.7. The summed E-state index contributed by atoms with van der Waals surface area (Å²) in [5.41, 5.74) is 2.54. The number of hydrogen-bond acceptors (Lipinski definition) is 4. The molecule has 0 aliphatic carbocycles. The summed E-state index contributed by atoms with van der Waals surface area (Å²) in [5.74, 6) is 0.190. The molecule has 0 saturated carbocycles. The Labute approximate surface area is 223 Å². The fraction of sp³-hybridized carbons (Fsp3) is 0.469. The summed E-state index contributed by atoms with van der Waals surface area (Å²) in [4.78, 5) is 11.9. The van der Waals surface area contributed by atoms with E-state index in [4.69, 9.17) is 9.84 Å². The molecule has 1 aromatic rings. The second-order valence-electron chi connectivity index (χ2n) is 10.5. The van der Waals surface area contributed by atoms with Crippen LogP contribution in [-0.4, -0.2) is 46.6 Å². The van der Waals surface area contributed by atoms with Crippen molar-refractivity contribution >= 4 is 5.91 Å². The highest BCUT2D eigenvalue weighted by atomic mass is 16.6. The molecule has 1 heterocycles. The van der Waals surface area contributed by atoms with Crippen LogP contribution in [-0.2, 0) is 16.0 Å². The third-order valence-electron chi connectivity index (χ3n) is 6.84. The Kier molecular flexibility index (Phi) is 12.3. The summed E-state index contributed by atoms with van der Waals surface area (Å²) >= 11 is 0. The van der Waals surface area contributed by atoms with E-state index in [2.05, 4.69) is 42.6 Å². The lowest BCUT2D eigenvalue weighted by Gasteiger charge is -2.20. The predicted octanol–water partition coefficient (Wildman–Crippen LogP) is 5.47. The molecule has 1 fully saturated rings. The first-order valence-electron chi connectivity index (χ1n) is 13.3. The average Bonchev–Trinajstić information content (AvgIpc) is 3.57. The first kappa shape index (κ1) is 30.5. The Morgan fingerprint density at radius 3 is 2.41 bits per heavy atom. The Morgan fingerprint density at radius 1 is 1.08 bits per heavy atom. The van der Waals surface area contributed by atoms with Crippen LogP contribution in [0.2, 0.25) is 0 Å². The van der Waals surface area contributed by atoms with Gasteiger partial charge in [0.1, 0.15) is 5.60 Å². The monoisotopic (exact) mass is 507 g/mol. The number of aliphatic hydroxyl groups is 2. The fourth-order valence-corrected chi connectivity index (χ4v) is 4.35. The van der Waals surface area contributed by atoms with Gasteiger partial charge in [0.25, 0.3) is 0 Å². The van der Waals surface area contributed by atoms with Crippen LogP contribution in [0.4, 0.5) is 0 Å². The van der Waals surface area contributed by atoms with Crippen LogP contribution in [0.15, 0.2) is 90.1 Å². The number of amides is 1. The molecule has 6 unspecified atom stereocenters. The average molecular weight is 508 g/mol. The first-order chi connectivity index (χ1) is 17.6. The summed E-state index contributed by atoms with van der Waals surface area (Å²) in [7, 11) is 0. The Balaban J connectivity index is 1.80. The number of nitrogens with one attached hydrogen (secondary N) is 1. The van der Waals surface area contributed by atoms with E-state index >= 15 is 0 Å². The first-order valence-corrected chi connectivity index (χ1v) is 13.3. The number of rotatable bonds is 14. The van der Waals surface area contributed by atoms with Crippen LogP contribution >= 0.6 is 0 Å². The number of hydrogen-bond donors (Lipinski definition) is 3. The zero-order valence-electron chi connectivity index (χ0n) is 23.2. The van der Waals surface area contributed by atoms with Gasteiger partial charge < -0.3 is 20.3 Å². The molecule has 0 aromatic heterocycles. The molecule has 202 valence electrons. The number of benzene rings is 1. The van der Waals surface area contributed by atoms with Crippen molar-refractivity contribution in [1.29, 1.82) is 0 Å². The molecule has 3 N–H and O–H groups in total. The molecule has 5 heteroatoms. The van der Waals surface area contributed by atoms with Gasteiger partial charge in [-0.2, -0.15) is 0 Å². The minimum Gasteiger partial charge on any atom is -0.394 e. The number of ether oxygens (including phenoxy) is 1. The number of allylic oxidation sites excluding steroid dienone is 7. The van der Waals surface area contributed by atoms with E-state index in [9.17, 15) is 9.90 Å². The highest BCUT2D eigenvalue weighted by Crippen LogP contribution is 2.44. The molecule has 0 spiro atoms. The van der Waals surface area contributed by atoms with Gasteiger partial charge in [0.2, 0.25) is 5.91 Å². The van der Waals surface area contributed by atoms with E-state index in [-0.39, 0.29) is 36.2 Å². The van der Waals surface area contributed by atoms with Gasteiger partial charge in [-0.3, -0.25) is 4.79 Å². The molecule has 1 aliphatic heterocycles. The van der Waals surface area contributed by atoms with Crippen molar-refractivity contribution in [3.8, 4) is 0 Å². The lowest BCUT2D eigenvalue weighted by Crippen LogP contribution is -2.35. The van der Waals surface area contributed by atoms with Gasteiger partial charge in [-0.1, -0.05) is 92.8 Å². The van der Waals surface area contributed by atoms with Gasteiger partial charge in [-0.05, 0) is 57.6 Å². The molecule has 1 saturated heterocycles. The SMILES string of the molecule is CC(=CC=CC=CC=CC1(C)OC1C(C)C(O)C(C)=CC(C)CCc1ccccc1)C(=O)NC(C)CO. The fourth-order valence-electron chi connectivity index (χ4n) is 4.35. The minimum atomic E-state index is -0.537. The van der Waals surface area contributed by atoms with Crippen LogP contribution in [0.3, 0.4) is 0 Å². The van der Waals surface area contributed by atoms with Crippen molar-refractivity contribution in [2.45, 2.75) is 78.2 Å². The topological polar surface area (TPSA) is 82.1 Å². The van der Waals surface area contributed by atoms with Crippen LogP contribution in [0.1, 0.15) is 53.5 Å². The van der Waals surface area contributed by atoms with Crippen molar-refractivity contribution < 1.29 is 19.7 Å². The molecule has 6 atom stereocenters. The summed E-state index contributed by atoms with van der Waals surface area (Å²) in [6, 6.07) is 10.2. The standard InChI is InChI=1S/C32H45NO4/c1-23(18-19-28-16-12-10-13-17-28)21-25(3)29(35)27(5)30-32(6,37-30)20-14-9-7-8-11-15-24(2)31(36)33-26(4)22-34/h7-17,20-21,23,26-27,29-30,34-35H,18-19,22H2,1-6H3,(H,33,36). The van der Waals surface area contributed by atoms with Gasteiger partial charge in [0.15, 0.2) is 0 Å². The Morgan fingerprint density at radius 2 is 1.73 bits per heavy atom. The second kappa shape index (κ2) is 14.9. The molecule has 1 amide bonds. The van der Waals surface area contributed by atoms with E-state index in [1.807, 2.05) is 57.2 Å². The molecule has 1 aliphatic rings. The summed E-state index contributed by atoms with van der Waals surface area (Å²) in [6.45, 7) is 11.7. The third-order valence-corrected chi connectivity index (χ3v) is 6.84. The van der Waals surface area contributed by atoms with E-state index < -0.39 is 6.10 Å². The molecular weight excluding hydrogens is 462 g/mol. The van der Waals surface area contributed by atoms with Crippen molar-refractivity contribution in [2.75, 3.05) is 6.61 Å². The lowest BCUT2D eigenvalue weighted by molar-refractivity contribution is -0.118. The van der Waals surface area contributed by atoms with Gasteiger partial charge in [0.05, 0.1) is 18.8 Å². The van der Waals surface area contributed by atoms with Gasteiger partial charge in [0, 0.05) is 17.5 Å². The van der Waals surface area contributed by atoms with Crippen molar-refractivity contribution in [1.82, 2.24) is 5.32 Å². The molecule has 2 rings (SSSR count). The molecule has 1 aromatic carbocycles. The molecule has 5 nitrogen and oxygen atoms in total. The minimum absolute atomic E-state index is 0.0103. The second-order valence-corrected chi connectivity index (χ2v) is 10.5. The van der Waals surface area contributed by atoms with E-state index in [0.29, 0.717) is 11.5 Å². The largest absolute Gasteiger partial charge is 0.394 e. The molecule has 0 bridgehead atoms. The Hall–Kier alpha value is -2.73. The smallest absolute Gasteiger partial charge is 0.247 e. The summed E-state index contributed by atoms with van der Waals surface area (Å²) in [6.07, 6.45) is 16.9. The van der Waals surface area contributed by atoms with Gasteiger partial charge in [-0.25, -0.2) is 0 Å². The predicted molar refractivity (Wildman–Crippen MR) is 152 cm³/mol. The van der Waals surface area contributed by atoms with Gasteiger partial charge >= 0.3 is 0 Å². The van der Waals surface area contributed by atoms with Crippen LogP contribution < -0.4 is 5.32 Å². The van der Waals surface area contributed by atoms with Gasteiger partial charge in [-0.15, -0.1) is 0 Å². The molecule has 0 radical (unpaired) electrons. The highest BCUT2D eigenvalue weighted by molar-refractivity contribution is 5.93. The van der Waals surface area contributed by atoms with E-state index in [0.717, 1.165) is 18.4 Å². The lowest BCUT2D eigenvalue weighted by atomic mass is 9.87. The normalized spacial score (nSPS) is 23.9. The van der Waals surface area contributed by atoms with Crippen LogP contribution in [0, 0.1) is 11.8 Å². The Bertz CT molecular complexity index is 1010. The van der Waals surface area contributed by atoms with E-state index in [1.165, 1.54) is 5.56 Å². The zero-order valence-corrected chi connectivity index (χ0v) is 23.2. The molecular formula is C32H45NO4. The number of carbonyl (C=O) groups excluding carboxylic acids is 1. The number of aryl methyl sites for hydroxylation is 1. The maximum atomic E-state index is 11.9. The van der Waals surface area contributed by atoms with E-state index in [1.54, 1.807) is 26.0 Å². The maximum Gasteiger partial charge on any atom is 0.247 e. The zero-order chi connectivity index (χ0) is 27.4.